The van der Waals surface area contributed by atoms with Crippen molar-refractivity contribution < 1.29 is 4.76 Å². The monoisotopic (exact) mass is 440 g/mol. The molecule has 0 bridgehead atoms. The molecule has 0 saturated heterocycles. The second kappa shape index (κ2) is 8.10. The third kappa shape index (κ3) is 3.20. The molecule has 2 aliphatic heterocycles. The first-order valence-corrected chi connectivity index (χ1v) is 11.1. The van der Waals surface area contributed by atoms with Crippen LogP contribution in [0.2, 0.25) is 0 Å². The molecule has 4 aromatic rings. The summed E-state index contributed by atoms with van der Waals surface area (Å²) in [6.45, 7) is 0. The van der Waals surface area contributed by atoms with E-state index in [9.17, 15) is 10.1 Å². The predicted octanol–water partition coefficient (Wildman–Crippen LogP) is 7.11. The van der Waals surface area contributed by atoms with Gasteiger partial charge in [-0.15, -0.1) is 0 Å². The highest BCUT2D eigenvalue weighted by molar-refractivity contribution is 6.03. The van der Waals surface area contributed by atoms with Crippen LogP contribution in [0.1, 0.15) is 33.4 Å². The lowest BCUT2D eigenvalue weighted by Crippen LogP contribution is -2.23. The molecule has 0 N–H and O–H groups in total. The van der Waals surface area contributed by atoms with E-state index in [1.165, 1.54) is 0 Å². The molecular formula is C30H20N2O2. The van der Waals surface area contributed by atoms with Crippen LogP contribution in [0, 0.1) is 10.1 Å². The van der Waals surface area contributed by atoms with E-state index in [4.69, 9.17) is 0 Å². The Hall–Kier alpha value is -4.54. The number of benzene rings is 4. The zero-order valence-electron chi connectivity index (χ0n) is 18.3. The fraction of sp³-hybridized carbons (Fsp3) is 0. The van der Waals surface area contributed by atoms with Gasteiger partial charge >= 0.3 is 0 Å². The average molecular weight is 441 g/mol. The molecule has 2 heterocycles. The van der Waals surface area contributed by atoms with Crippen molar-refractivity contribution in [2.45, 2.75) is 0 Å². The third-order valence-electron chi connectivity index (χ3n) is 6.22. The molecule has 0 aliphatic carbocycles. The van der Waals surface area contributed by atoms with E-state index in [2.05, 4.69) is 0 Å². The zero-order valence-corrected chi connectivity index (χ0v) is 18.3. The Morgan fingerprint density at radius 3 is 1.79 bits per heavy atom. The molecule has 6 rings (SSSR count). The van der Waals surface area contributed by atoms with Crippen LogP contribution in [0.5, 0.6) is 0 Å². The van der Waals surface area contributed by atoms with E-state index in [1.807, 2.05) is 121 Å². The first-order valence-electron chi connectivity index (χ1n) is 11.1. The van der Waals surface area contributed by atoms with Gasteiger partial charge in [-0.1, -0.05) is 91.0 Å². The first kappa shape index (κ1) is 20.1. The second-order valence-electron chi connectivity index (χ2n) is 8.25. The summed E-state index contributed by atoms with van der Waals surface area (Å²) >= 11 is 0. The number of nitroso groups, excluding NO2 is 1. The first-order chi connectivity index (χ1) is 16.7. The fourth-order valence-electron chi connectivity index (χ4n) is 4.62. The Kier molecular flexibility index (Phi) is 4.79. The molecule has 0 saturated carbocycles. The van der Waals surface area contributed by atoms with E-state index in [0.717, 1.165) is 43.2 Å². The minimum Gasteiger partial charge on any atom is -0.754 e. The zero-order chi connectivity index (χ0) is 23.1. The second-order valence-corrected chi connectivity index (χ2v) is 8.25. The van der Waals surface area contributed by atoms with Crippen molar-refractivity contribution >= 4 is 34.9 Å². The van der Waals surface area contributed by atoms with Gasteiger partial charge in [0.05, 0.1) is 15.9 Å². The van der Waals surface area contributed by atoms with Crippen molar-refractivity contribution in [1.82, 2.24) is 5.06 Å². The molecule has 34 heavy (non-hydrogen) atoms. The van der Waals surface area contributed by atoms with Crippen LogP contribution in [0.3, 0.4) is 0 Å². The van der Waals surface area contributed by atoms with Gasteiger partial charge in [0, 0.05) is 22.2 Å². The molecule has 0 fully saturated rings. The van der Waals surface area contributed by atoms with Crippen molar-refractivity contribution in [1.29, 1.82) is 0 Å². The topological polar surface area (TPSA) is 46.4 Å². The van der Waals surface area contributed by atoms with E-state index >= 15 is 0 Å². The van der Waals surface area contributed by atoms with Crippen molar-refractivity contribution in [2.24, 2.45) is 0 Å². The van der Waals surface area contributed by atoms with E-state index < -0.39 is 0 Å². The summed E-state index contributed by atoms with van der Waals surface area (Å²) in [5.41, 5.74) is 6.56. The van der Waals surface area contributed by atoms with Gasteiger partial charge in [-0.25, -0.2) is 0 Å². The molecule has 0 spiro atoms. The largest absolute Gasteiger partial charge is 0.754 e. The SMILES string of the molecule is O=[N+]1C(c2ccccc2)=Cc2ccccc2C1=C1c2ccccc2C=C(c2ccccc2)N1[O-]. The van der Waals surface area contributed by atoms with Crippen LogP contribution in [-0.2, 0) is 0 Å². The summed E-state index contributed by atoms with van der Waals surface area (Å²) in [6, 6.07) is 34.5. The molecule has 4 nitrogen and oxygen atoms in total. The maximum Gasteiger partial charge on any atom is 0.294 e. The fourth-order valence-corrected chi connectivity index (χ4v) is 4.62. The summed E-state index contributed by atoms with van der Waals surface area (Å²) < 4.78 is 0.905. The molecule has 2 aliphatic rings. The lowest BCUT2D eigenvalue weighted by Gasteiger charge is -2.39. The summed E-state index contributed by atoms with van der Waals surface area (Å²) in [6.07, 6.45) is 3.78. The summed E-state index contributed by atoms with van der Waals surface area (Å²) in [5, 5.41) is 14.9. The van der Waals surface area contributed by atoms with Gasteiger partial charge in [-0.2, -0.15) is 0 Å². The smallest absolute Gasteiger partial charge is 0.294 e. The lowest BCUT2D eigenvalue weighted by molar-refractivity contribution is -0.347. The molecule has 4 heteroatoms. The number of fused-ring (bicyclic) bond motifs is 2. The summed E-state index contributed by atoms with van der Waals surface area (Å²) in [5.74, 6) is 0. The number of hydrogen-bond acceptors (Lipinski definition) is 3. The Labute approximate surface area is 197 Å². The van der Waals surface area contributed by atoms with E-state index in [1.54, 1.807) is 0 Å². The standard InChI is InChI=1S/C30H20N2O2/c33-31-27(21-11-3-1-4-12-21)19-23-15-7-9-17-25(23)29(31)30-26-18-10-8-16-24(26)20-28(32(30)34)22-13-5-2-6-14-22/h1-20H. The Morgan fingerprint density at radius 1 is 0.588 bits per heavy atom. The van der Waals surface area contributed by atoms with Crippen LogP contribution >= 0.6 is 0 Å². The molecule has 0 unspecified atom stereocenters. The Bertz CT molecular complexity index is 1520. The van der Waals surface area contributed by atoms with Gasteiger partial charge in [-0.3, -0.25) is 0 Å². The molecule has 0 amide bonds. The van der Waals surface area contributed by atoms with Gasteiger partial charge < -0.3 is 10.3 Å². The van der Waals surface area contributed by atoms with Gasteiger partial charge in [0.2, 0.25) is 0 Å². The third-order valence-corrected chi connectivity index (χ3v) is 6.22. The van der Waals surface area contributed by atoms with Crippen molar-refractivity contribution in [3.8, 4) is 0 Å². The molecule has 0 radical (unpaired) electrons. The van der Waals surface area contributed by atoms with E-state index in [0.29, 0.717) is 22.8 Å². The molecule has 162 valence electrons. The highest BCUT2D eigenvalue weighted by Crippen LogP contribution is 2.45. The summed E-state index contributed by atoms with van der Waals surface area (Å²) in [7, 11) is 0. The predicted molar refractivity (Wildman–Crippen MR) is 137 cm³/mol. The molecule has 4 aromatic carbocycles. The number of nitrogens with zero attached hydrogens (tertiary/aromatic N) is 2. The Balaban J connectivity index is 1.65. The number of hydroxylamine groups is 2. The van der Waals surface area contributed by atoms with Gasteiger partial charge in [0.25, 0.3) is 11.4 Å². The van der Waals surface area contributed by atoms with Crippen LogP contribution in [0.4, 0.5) is 0 Å². The highest BCUT2D eigenvalue weighted by atomic mass is 16.5. The highest BCUT2D eigenvalue weighted by Gasteiger charge is 2.39. The van der Waals surface area contributed by atoms with Crippen molar-refractivity contribution in [2.75, 3.05) is 0 Å². The summed E-state index contributed by atoms with van der Waals surface area (Å²) in [4.78, 5) is 14.0. The van der Waals surface area contributed by atoms with Gasteiger partial charge in [-0.05, 0) is 41.0 Å². The number of hydrogen-bond donors (Lipinski definition) is 0. The maximum atomic E-state index is 14.0. The minimum atomic E-state index is 0.348. The van der Waals surface area contributed by atoms with Gasteiger partial charge in [0.15, 0.2) is 0 Å². The van der Waals surface area contributed by atoms with Crippen LogP contribution in [0.25, 0.3) is 34.9 Å². The van der Waals surface area contributed by atoms with Crippen LogP contribution < -0.4 is 0 Å². The van der Waals surface area contributed by atoms with E-state index in [-0.39, 0.29) is 0 Å². The quantitative estimate of drug-likeness (QED) is 0.312. The normalized spacial score (nSPS) is 17.0. The van der Waals surface area contributed by atoms with Crippen molar-refractivity contribution in [3.05, 3.63) is 153 Å². The Morgan fingerprint density at radius 2 is 1.12 bits per heavy atom. The molecular weight excluding hydrogens is 420 g/mol. The molecule has 0 aromatic heterocycles. The minimum absolute atomic E-state index is 0.348. The van der Waals surface area contributed by atoms with Gasteiger partial charge in [0.1, 0.15) is 5.70 Å². The number of rotatable bonds is 2. The van der Waals surface area contributed by atoms with Crippen LogP contribution in [0.15, 0.2) is 109 Å². The van der Waals surface area contributed by atoms with Crippen LogP contribution in [-0.4, -0.2) is 9.82 Å². The average Bonchev–Trinajstić information content (AvgIpc) is 2.90. The maximum absolute atomic E-state index is 14.0. The van der Waals surface area contributed by atoms with Crippen molar-refractivity contribution in [3.63, 3.8) is 0 Å². The molecule has 0 atom stereocenters. The lowest BCUT2D eigenvalue weighted by atomic mass is 9.90.